The van der Waals surface area contributed by atoms with Crippen LogP contribution in [0, 0.1) is 29.6 Å². The number of esters is 1. The van der Waals surface area contributed by atoms with Gasteiger partial charge >= 0.3 is 5.97 Å². The third-order valence-corrected chi connectivity index (χ3v) is 7.65. The Morgan fingerprint density at radius 2 is 1.88 bits per heavy atom. The van der Waals surface area contributed by atoms with E-state index in [1.54, 1.807) is 0 Å². The lowest BCUT2D eigenvalue weighted by molar-refractivity contribution is -0.142. The van der Waals surface area contributed by atoms with Crippen LogP contribution in [0.3, 0.4) is 0 Å². The largest absolute Gasteiger partial charge is 0.465 e. The standard InChI is InChI=1S/C21H33NO2/c1-14-6-5-8-16(22(14)2)10-11-18-17-9-4-3-7-15(17)12-19-20(18)13-24-21(19)23/h10-11,14-20H,3-9,12-13H2,1-2H3/t14-,15?,16?,17?,18?,19?,20?/m0/s1. The van der Waals surface area contributed by atoms with Gasteiger partial charge in [-0.2, -0.15) is 0 Å². The van der Waals surface area contributed by atoms with E-state index in [-0.39, 0.29) is 11.9 Å². The van der Waals surface area contributed by atoms with E-state index in [2.05, 4.69) is 31.0 Å². The highest BCUT2D eigenvalue weighted by Crippen LogP contribution is 2.51. The molecule has 0 aromatic carbocycles. The number of fused-ring (bicyclic) bond motifs is 2. The van der Waals surface area contributed by atoms with Crippen molar-refractivity contribution in [3.05, 3.63) is 12.2 Å². The Balaban J connectivity index is 1.54. The normalized spacial score (nSPS) is 46.6. The van der Waals surface area contributed by atoms with Crippen LogP contribution in [0.2, 0.25) is 0 Å². The maximum Gasteiger partial charge on any atom is 0.309 e. The fourth-order valence-corrected chi connectivity index (χ4v) is 6.04. The Labute approximate surface area is 146 Å². The van der Waals surface area contributed by atoms with Crippen LogP contribution >= 0.6 is 0 Å². The zero-order valence-electron chi connectivity index (χ0n) is 15.3. The fraction of sp³-hybridized carbons (Fsp3) is 0.857. The number of allylic oxidation sites excluding steroid dienone is 1. The molecule has 7 atom stereocenters. The molecule has 4 rings (SSSR count). The number of carbonyl (C=O) groups is 1. The Morgan fingerprint density at radius 1 is 1.04 bits per heavy atom. The van der Waals surface area contributed by atoms with Crippen LogP contribution in [0.5, 0.6) is 0 Å². The summed E-state index contributed by atoms with van der Waals surface area (Å²) in [6.45, 7) is 3.01. The average Bonchev–Trinajstić information content (AvgIpc) is 2.96. The summed E-state index contributed by atoms with van der Waals surface area (Å²) in [4.78, 5) is 14.7. The molecule has 6 unspecified atom stereocenters. The maximum atomic E-state index is 12.2. The molecular weight excluding hydrogens is 298 g/mol. The molecule has 2 aliphatic carbocycles. The number of likely N-dealkylation sites (tertiary alicyclic amines) is 1. The Morgan fingerprint density at radius 3 is 2.75 bits per heavy atom. The zero-order valence-corrected chi connectivity index (χ0v) is 15.3. The van der Waals surface area contributed by atoms with Gasteiger partial charge in [-0.25, -0.2) is 0 Å². The molecule has 0 spiro atoms. The van der Waals surface area contributed by atoms with E-state index in [4.69, 9.17) is 4.74 Å². The van der Waals surface area contributed by atoms with Crippen molar-refractivity contribution in [2.45, 2.75) is 70.4 Å². The summed E-state index contributed by atoms with van der Waals surface area (Å²) in [7, 11) is 2.27. The first kappa shape index (κ1) is 16.6. The minimum atomic E-state index is 0.0887. The summed E-state index contributed by atoms with van der Waals surface area (Å²) in [5, 5.41) is 0. The van der Waals surface area contributed by atoms with E-state index in [9.17, 15) is 4.79 Å². The van der Waals surface area contributed by atoms with Crippen molar-refractivity contribution in [3.8, 4) is 0 Å². The van der Waals surface area contributed by atoms with Crippen LogP contribution < -0.4 is 0 Å². The van der Waals surface area contributed by atoms with E-state index in [1.165, 1.54) is 44.9 Å². The molecular formula is C21H33NO2. The van der Waals surface area contributed by atoms with Crippen molar-refractivity contribution in [2.75, 3.05) is 13.7 Å². The molecule has 3 heteroatoms. The Kier molecular flexibility index (Phi) is 4.73. The molecule has 2 saturated carbocycles. The highest BCUT2D eigenvalue weighted by atomic mass is 16.5. The van der Waals surface area contributed by atoms with Crippen molar-refractivity contribution in [1.29, 1.82) is 0 Å². The first-order chi connectivity index (χ1) is 11.6. The van der Waals surface area contributed by atoms with Gasteiger partial charge in [-0.15, -0.1) is 0 Å². The van der Waals surface area contributed by atoms with E-state index >= 15 is 0 Å². The summed E-state index contributed by atoms with van der Waals surface area (Å²) in [6, 6.07) is 1.26. The van der Waals surface area contributed by atoms with Crippen molar-refractivity contribution >= 4 is 5.97 Å². The topological polar surface area (TPSA) is 29.5 Å². The second kappa shape index (κ2) is 6.82. The second-order valence-corrected chi connectivity index (χ2v) is 8.82. The Hall–Kier alpha value is -0.830. The number of nitrogens with zero attached hydrogens (tertiary/aromatic N) is 1. The summed E-state index contributed by atoms with van der Waals surface area (Å²) in [5.74, 6) is 2.82. The molecule has 2 aliphatic heterocycles. The number of hydrogen-bond donors (Lipinski definition) is 0. The lowest BCUT2D eigenvalue weighted by atomic mass is 9.58. The van der Waals surface area contributed by atoms with Crippen molar-refractivity contribution in [1.82, 2.24) is 4.90 Å². The summed E-state index contributed by atoms with van der Waals surface area (Å²) in [6.07, 6.45) is 15.4. The van der Waals surface area contributed by atoms with Gasteiger partial charge in [0.2, 0.25) is 0 Å². The molecule has 4 fully saturated rings. The number of piperidine rings is 1. The van der Waals surface area contributed by atoms with Crippen molar-refractivity contribution in [2.24, 2.45) is 29.6 Å². The van der Waals surface area contributed by atoms with Gasteiger partial charge < -0.3 is 4.74 Å². The average molecular weight is 332 g/mol. The van der Waals surface area contributed by atoms with Gasteiger partial charge in [0, 0.05) is 18.0 Å². The number of rotatable bonds is 2. The molecule has 134 valence electrons. The molecule has 24 heavy (non-hydrogen) atoms. The predicted molar refractivity (Wildman–Crippen MR) is 95.5 cm³/mol. The first-order valence-electron chi connectivity index (χ1n) is 10.2. The number of carbonyl (C=O) groups excluding carboxylic acids is 1. The van der Waals surface area contributed by atoms with Gasteiger partial charge in [-0.1, -0.05) is 37.8 Å². The number of ether oxygens (including phenoxy) is 1. The number of likely N-dealkylation sites (N-methyl/N-ethyl adjacent to an activating group) is 1. The maximum absolute atomic E-state index is 12.2. The molecule has 0 aromatic heterocycles. The third kappa shape index (κ3) is 2.94. The quantitative estimate of drug-likeness (QED) is 0.565. The highest BCUT2D eigenvalue weighted by Gasteiger charge is 2.50. The van der Waals surface area contributed by atoms with Crippen LogP contribution in [0.1, 0.15) is 58.3 Å². The summed E-state index contributed by atoms with van der Waals surface area (Å²) < 4.78 is 5.48. The second-order valence-electron chi connectivity index (χ2n) is 8.82. The molecule has 0 radical (unpaired) electrons. The molecule has 0 amide bonds. The third-order valence-electron chi connectivity index (χ3n) is 7.65. The van der Waals surface area contributed by atoms with Crippen molar-refractivity contribution in [3.63, 3.8) is 0 Å². The van der Waals surface area contributed by atoms with Gasteiger partial charge in [0.05, 0.1) is 12.5 Å². The highest BCUT2D eigenvalue weighted by molar-refractivity contribution is 5.75. The molecule has 4 aliphatic rings. The summed E-state index contributed by atoms with van der Waals surface area (Å²) in [5.41, 5.74) is 0. The van der Waals surface area contributed by atoms with Gasteiger partial charge in [0.1, 0.15) is 0 Å². The Bertz CT molecular complexity index is 502. The van der Waals surface area contributed by atoms with Gasteiger partial charge in [0.15, 0.2) is 0 Å². The monoisotopic (exact) mass is 331 g/mol. The molecule has 3 nitrogen and oxygen atoms in total. The van der Waals surface area contributed by atoms with E-state index in [0.717, 1.165) is 18.3 Å². The van der Waals surface area contributed by atoms with Crippen LogP contribution in [-0.4, -0.2) is 36.6 Å². The number of cyclic esters (lactones) is 1. The van der Waals surface area contributed by atoms with Gasteiger partial charge in [0.25, 0.3) is 0 Å². The summed E-state index contributed by atoms with van der Waals surface area (Å²) >= 11 is 0. The SMILES string of the molecule is C[C@H]1CCCC(C=CC2C3CCCCC3CC3C(=O)OCC32)N1C. The van der Waals surface area contributed by atoms with Gasteiger partial charge in [-0.05, 0) is 57.4 Å². The molecule has 2 heterocycles. The first-order valence-corrected chi connectivity index (χ1v) is 10.2. The lowest BCUT2D eigenvalue weighted by Crippen LogP contribution is -2.43. The molecule has 0 bridgehead atoms. The van der Waals surface area contributed by atoms with E-state index in [0.29, 0.717) is 30.5 Å². The van der Waals surface area contributed by atoms with Crippen LogP contribution in [0.15, 0.2) is 12.2 Å². The lowest BCUT2D eigenvalue weighted by Gasteiger charge is -2.45. The zero-order chi connectivity index (χ0) is 16.7. The van der Waals surface area contributed by atoms with Gasteiger partial charge in [-0.3, -0.25) is 9.69 Å². The van der Waals surface area contributed by atoms with E-state index in [1.807, 2.05) is 0 Å². The van der Waals surface area contributed by atoms with E-state index < -0.39 is 0 Å². The smallest absolute Gasteiger partial charge is 0.309 e. The van der Waals surface area contributed by atoms with Crippen LogP contribution in [-0.2, 0) is 9.53 Å². The minimum absolute atomic E-state index is 0.0887. The van der Waals surface area contributed by atoms with Crippen LogP contribution in [0.4, 0.5) is 0 Å². The molecule has 0 N–H and O–H groups in total. The number of hydrogen-bond acceptors (Lipinski definition) is 3. The van der Waals surface area contributed by atoms with Crippen molar-refractivity contribution < 1.29 is 9.53 Å². The predicted octanol–water partition coefficient (Wildman–Crippen LogP) is 4.03. The molecule has 2 saturated heterocycles. The minimum Gasteiger partial charge on any atom is -0.465 e. The van der Waals surface area contributed by atoms with Crippen LogP contribution in [0.25, 0.3) is 0 Å². The fourth-order valence-electron chi connectivity index (χ4n) is 6.04. The molecule has 0 aromatic rings.